The van der Waals surface area contributed by atoms with Gasteiger partial charge in [0.1, 0.15) is 5.75 Å². The maximum Gasteiger partial charge on any atom is 0.573 e. The predicted octanol–water partition coefficient (Wildman–Crippen LogP) is 5.52. The monoisotopic (exact) mass is 357 g/mol. The van der Waals surface area contributed by atoms with Gasteiger partial charge in [-0.15, -0.1) is 13.2 Å². The molecule has 0 aromatic heterocycles. The normalized spacial score (nSPS) is 12.9. The minimum absolute atomic E-state index is 0.0759. The molecule has 0 fully saturated rings. The molecule has 6 heteroatoms. The summed E-state index contributed by atoms with van der Waals surface area (Å²) in [6.45, 7) is 2.64. The van der Waals surface area contributed by atoms with Crippen LogP contribution in [0.4, 0.5) is 13.2 Å². The van der Waals surface area contributed by atoms with Crippen LogP contribution in [0.2, 0.25) is 5.02 Å². The summed E-state index contributed by atoms with van der Waals surface area (Å²) in [7, 11) is 0. The van der Waals surface area contributed by atoms with Gasteiger partial charge in [0.25, 0.3) is 0 Å². The number of aryl methyl sites for hydroxylation is 1. The van der Waals surface area contributed by atoms with Crippen LogP contribution in [0.3, 0.4) is 0 Å². The molecule has 2 rings (SSSR count). The first-order chi connectivity index (χ1) is 11.3. The summed E-state index contributed by atoms with van der Waals surface area (Å²) in [4.78, 5) is 0. The van der Waals surface area contributed by atoms with Crippen molar-refractivity contribution in [1.29, 1.82) is 0 Å². The van der Waals surface area contributed by atoms with Crippen molar-refractivity contribution in [2.24, 2.45) is 0 Å². The first-order valence-electron chi connectivity index (χ1n) is 7.67. The highest BCUT2D eigenvalue weighted by Gasteiger charge is 2.31. The van der Waals surface area contributed by atoms with E-state index in [1.54, 1.807) is 12.1 Å². The Kier molecular flexibility index (Phi) is 6.52. The average molecular weight is 358 g/mol. The SMILES string of the molecule is C[C@H](NCCCc1ccccc1Cl)c1cccc(OC(F)(F)F)c1. The van der Waals surface area contributed by atoms with Crippen LogP contribution >= 0.6 is 11.6 Å². The van der Waals surface area contributed by atoms with E-state index in [2.05, 4.69) is 10.1 Å². The zero-order valence-corrected chi connectivity index (χ0v) is 14.0. The Balaban J connectivity index is 1.83. The number of rotatable bonds is 7. The molecule has 0 amide bonds. The fourth-order valence-corrected chi connectivity index (χ4v) is 2.63. The molecule has 0 spiro atoms. The highest BCUT2D eigenvalue weighted by molar-refractivity contribution is 6.31. The van der Waals surface area contributed by atoms with Gasteiger partial charge in [0.05, 0.1) is 0 Å². The van der Waals surface area contributed by atoms with Gasteiger partial charge in [-0.25, -0.2) is 0 Å². The average Bonchev–Trinajstić information content (AvgIpc) is 2.51. The lowest BCUT2D eigenvalue weighted by molar-refractivity contribution is -0.274. The van der Waals surface area contributed by atoms with Gasteiger partial charge in [0, 0.05) is 11.1 Å². The Morgan fingerprint density at radius 3 is 2.58 bits per heavy atom. The summed E-state index contributed by atoms with van der Waals surface area (Å²) >= 11 is 6.11. The molecule has 0 aliphatic rings. The van der Waals surface area contributed by atoms with Crippen molar-refractivity contribution in [2.75, 3.05) is 6.54 Å². The molecule has 0 radical (unpaired) electrons. The molecule has 0 aliphatic heterocycles. The minimum atomic E-state index is -4.68. The molecule has 0 aliphatic carbocycles. The van der Waals surface area contributed by atoms with E-state index in [1.165, 1.54) is 12.1 Å². The lowest BCUT2D eigenvalue weighted by Gasteiger charge is -2.16. The highest BCUT2D eigenvalue weighted by Crippen LogP contribution is 2.25. The van der Waals surface area contributed by atoms with Crippen LogP contribution in [-0.2, 0) is 6.42 Å². The second kappa shape index (κ2) is 8.40. The van der Waals surface area contributed by atoms with Crippen LogP contribution < -0.4 is 10.1 Å². The van der Waals surface area contributed by atoms with E-state index in [0.29, 0.717) is 0 Å². The molecule has 0 heterocycles. The largest absolute Gasteiger partial charge is 0.573 e. The topological polar surface area (TPSA) is 21.3 Å². The van der Waals surface area contributed by atoms with E-state index in [4.69, 9.17) is 11.6 Å². The van der Waals surface area contributed by atoms with E-state index < -0.39 is 6.36 Å². The van der Waals surface area contributed by atoms with Gasteiger partial charge in [-0.2, -0.15) is 0 Å². The number of hydrogen-bond donors (Lipinski definition) is 1. The molecule has 0 saturated heterocycles. The van der Waals surface area contributed by atoms with Gasteiger partial charge in [0.2, 0.25) is 0 Å². The fourth-order valence-electron chi connectivity index (χ4n) is 2.40. The third-order valence-corrected chi connectivity index (χ3v) is 3.99. The zero-order chi connectivity index (χ0) is 17.6. The van der Waals surface area contributed by atoms with Gasteiger partial charge in [0.15, 0.2) is 0 Å². The molecule has 2 aromatic rings. The van der Waals surface area contributed by atoms with Crippen LogP contribution in [0.15, 0.2) is 48.5 Å². The summed E-state index contributed by atoms with van der Waals surface area (Å²) in [6.07, 6.45) is -2.95. The van der Waals surface area contributed by atoms with Crippen LogP contribution in [0.5, 0.6) is 5.75 Å². The Morgan fingerprint density at radius 1 is 1.12 bits per heavy atom. The Hall–Kier alpha value is -1.72. The molecule has 24 heavy (non-hydrogen) atoms. The van der Waals surface area contributed by atoms with Crippen molar-refractivity contribution >= 4 is 11.6 Å². The first kappa shape index (κ1) is 18.6. The summed E-state index contributed by atoms with van der Waals surface area (Å²) in [5, 5.41) is 4.05. The number of ether oxygens (including phenoxy) is 1. The quantitative estimate of drug-likeness (QED) is 0.658. The minimum Gasteiger partial charge on any atom is -0.406 e. The van der Waals surface area contributed by atoms with E-state index in [0.717, 1.165) is 35.5 Å². The van der Waals surface area contributed by atoms with Crippen LogP contribution in [0.25, 0.3) is 0 Å². The molecule has 0 unspecified atom stereocenters. The van der Waals surface area contributed by atoms with Crippen molar-refractivity contribution in [3.63, 3.8) is 0 Å². The Morgan fingerprint density at radius 2 is 1.88 bits per heavy atom. The predicted molar refractivity (Wildman–Crippen MR) is 89.3 cm³/mol. The third kappa shape index (κ3) is 6.06. The number of benzene rings is 2. The molecule has 2 nitrogen and oxygen atoms in total. The van der Waals surface area contributed by atoms with E-state index in [-0.39, 0.29) is 11.8 Å². The van der Waals surface area contributed by atoms with Gasteiger partial charge in [-0.3, -0.25) is 0 Å². The van der Waals surface area contributed by atoms with Crippen molar-refractivity contribution in [3.05, 3.63) is 64.7 Å². The molecule has 1 N–H and O–H groups in total. The third-order valence-electron chi connectivity index (χ3n) is 3.62. The second-order valence-electron chi connectivity index (χ2n) is 5.49. The molecular formula is C18H19ClF3NO. The summed E-state index contributed by atoms with van der Waals surface area (Å²) in [5.74, 6) is -0.204. The van der Waals surface area contributed by atoms with Crippen LogP contribution in [-0.4, -0.2) is 12.9 Å². The second-order valence-corrected chi connectivity index (χ2v) is 5.90. The maximum absolute atomic E-state index is 12.3. The lowest BCUT2D eigenvalue weighted by atomic mass is 10.1. The Bertz CT molecular complexity index is 661. The van der Waals surface area contributed by atoms with Crippen molar-refractivity contribution in [2.45, 2.75) is 32.2 Å². The summed E-state index contributed by atoms with van der Waals surface area (Å²) < 4.78 is 40.8. The van der Waals surface area contributed by atoms with E-state index in [1.807, 2.05) is 31.2 Å². The zero-order valence-electron chi connectivity index (χ0n) is 13.2. The smallest absolute Gasteiger partial charge is 0.406 e. The van der Waals surface area contributed by atoms with Crippen molar-refractivity contribution in [3.8, 4) is 5.75 Å². The first-order valence-corrected chi connectivity index (χ1v) is 8.05. The molecule has 0 bridgehead atoms. The van der Waals surface area contributed by atoms with Crippen LogP contribution in [0.1, 0.15) is 30.5 Å². The maximum atomic E-state index is 12.3. The number of hydrogen-bond acceptors (Lipinski definition) is 2. The van der Waals surface area contributed by atoms with Gasteiger partial charge in [-0.05, 0) is 55.6 Å². The molecule has 1 atom stereocenters. The fraction of sp³-hybridized carbons (Fsp3) is 0.333. The molecule has 130 valence electrons. The van der Waals surface area contributed by atoms with Gasteiger partial charge < -0.3 is 10.1 Å². The number of halogens is 4. The standard InChI is InChI=1S/C18H19ClF3NO/c1-13(15-7-4-9-16(12-15)24-18(20,21)22)23-11-5-8-14-6-2-3-10-17(14)19/h2-4,6-7,9-10,12-13,23H,5,8,11H2,1H3/t13-/m0/s1. The summed E-state index contributed by atoms with van der Waals surface area (Å²) in [6, 6.07) is 13.6. The molecule has 0 saturated carbocycles. The Labute approximate surface area is 144 Å². The highest BCUT2D eigenvalue weighted by atomic mass is 35.5. The van der Waals surface area contributed by atoms with E-state index in [9.17, 15) is 13.2 Å². The van der Waals surface area contributed by atoms with E-state index >= 15 is 0 Å². The van der Waals surface area contributed by atoms with Crippen LogP contribution in [0, 0.1) is 0 Å². The molecule has 2 aromatic carbocycles. The number of alkyl halides is 3. The summed E-state index contributed by atoms with van der Waals surface area (Å²) in [5.41, 5.74) is 1.84. The van der Waals surface area contributed by atoms with Gasteiger partial charge in [-0.1, -0.05) is 41.9 Å². The number of nitrogens with one attached hydrogen (secondary N) is 1. The van der Waals surface area contributed by atoms with Crippen molar-refractivity contribution < 1.29 is 17.9 Å². The van der Waals surface area contributed by atoms with Crippen molar-refractivity contribution in [1.82, 2.24) is 5.32 Å². The van der Waals surface area contributed by atoms with Gasteiger partial charge >= 0.3 is 6.36 Å². The molecular weight excluding hydrogens is 339 g/mol. The lowest BCUT2D eigenvalue weighted by Crippen LogP contribution is -2.21.